The molecule has 0 aromatic heterocycles. The Morgan fingerprint density at radius 2 is 1.94 bits per heavy atom. The number of nitrogens with zero attached hydrogens (tertiary/aromatic N) is 2. The lowest BCUT2D eigenvalue weighted by molar-refractivity contribution is 0.253. The van der Waals surface area contributed by atoms with Crippen LogP contribution in [0, 0.1) is 28.9 Å². The summed E-state index contributed by atoms with van der Waals surface area (Å²) in [5.41, 5.74) is 0.0690. The van der Waals surface area contributed by atoms with Gasteiger partial charge < -0.3 is 0 Å². The van der Waals surface area contributed by atoms with Gasteiger partial charge in [0, 0.05) is 18.7 Å². The molecule has 0 spiro atoms. The largest absolute Gasteiger partial charge is 0.298 e. The molecule has 0 N–H and O–H groups in total. The van der Waals surface area contributed by atoms with Crippen molar-refractivity contribution in [3.05, 3.63) is 35.4 Å². The van der Waals surface area contributed by atoms with Crippen LogP contribution in [0.25, 0.3) is 0 Å². The number of rotatable bonds is 5. The van der Waals surface area contributed by atoms with Crippen molar-refractivity contribution in [3.63, 3.8) is 0 Å². The number of hydrogen-bond donors (Lipinski definition) is 0. The molecule has 0 bridgehead atoms. The average Bonchev–Trinajstić information content (AvgIpc) is 2.32. The Morgan fingerprint density at radius 3 is 2.41 bits per heavy atom. The number of hydrogen-bond acceptors (Lipinski definition) is 2. The summed E-state index contributed by atoms with van der Waals surface area (Å²) < 4.78 is 26.9. The molecular formula is C13H16F2N2. The van der Waals surface area contributed by atoms with Crippen LogP contribution in [0.2, 0.25) is 0 Å². The number of benzene rings is 1. The Morgan fingerprint density at radius 1 is 1.35 bits per heavy atom. The van der Waals surface area contributed by atoms with Gasteiger partial charge in [0.15, 0.2) is 0 Å². The molecule has 0 saturated carbocycles. The summed E-state index contributed by atoms with van der Waals surface area (Å²) in [4.78, 5) is 1.86. The highest BCUT2D eigenvalue weighted by Gasteiger charge is 2.14. The standard InChI is InChI=1S/C13H16F2N2/c1-3-17(8-10(2)7-16)9-11-12(14)5-4-6-13(11)15/h4-6,10H,3,8-9H2,1-2H3. The van der Waals surface area contributed by atoms with E-state index in [1.54, 1.807) is 6.92 Å². The van der Waals surface area contributed by atoms with Gasteiger partial charge in [-0.2, -0.15) is 5.26 Å². The van der Waals surface area contributed by atoms with Gasteiger partial charge in [-0.3, -0.25) is 4.90 Å². The zero-order valence-electron chi connectivity index (χ0n) is 10.1. The second kappa shape index (κ2) is 6.31. The maximum atomic E-state index is 13.4. The van der Waals surface area contributed by atoms with Crippen molar-refractivity contribution < 1.29 is 8.78 Å². The Kier molecular flexibility index (Phi) is 5.05. The van der Waals surface area contributed by atoms with Crippen LogP contribution in [0.15, 0.2) is 18.2 Å². The second-order valence-corrected chi connectivity index (χ2v) is 4.06. The molecule has 92 valence electrons. The van der Waals surface area contributed by atoms with Crippen LogP contribution in [0.5, 0.6) is 0 Å². The zero-order valence-corrected chi connectivity index (χ0v) is 10.1. The van der Waals surface area contributed by atoms with Crippen molar-refractivity contribution >= 4 is 0 Å². The molecule has 1 atom stereocenters. The van der Waals surface area contributed by atoms with Gasteiger partial charge in [-0.25, -0.2) is 8.78 Å². The average molecular weight is 238 g/mol. The Labute approximate surface area is 100 Å². The Hall–Kier alpha value is -1.47. The lowest BCUT2D eigenvalue weighted by Gasteiger charge is -2.21. The summed E-state index contributed by atoms with van der Waals surface area (Å²) in [5, 5.41) is 8.73. The van der Waals surface area contributed by atoms with Crippen LogP contribution in [0.1, 0.15) is 19.4 Å². The molecule has 1 aromatic carbocycles. The molecule has 0 heterocycles. The van der Waals surface area contributed by atoms with Crippen LogP contribution in [-0.4, -0.2) is 18.0 Å². The minimum absolute atomic E-state index is 0.0690. The fourth-order valence-electron chi connectivity index (χ4n) is 1.64. The van der Waals surface area contributed by atoms with Gasteiger partial charge in [-0.05, 0) is 25.6 Å². The van der Waals surface area contributed by atoms with Crippen molar-refractivity contribution in [1.29, 1.82) is 5.26 Å². The van der Waals surface area contributed by atoms with E-state index >= 15 is 0 Å². The minimum Gasteiger partial charge on any atom is -0.298 e. The van der Waals surface area contributed by atoms with E-state index in [1.165, 1.54) is 18.2 Å². The third kappa shape index (κ3) is 3.79. The van der Waals surface area contributed by atoms with Gasteiger partial charge >= 0.3 is 0 Å². The molecule has 2 nitrogen and oxygen atoms in total. The lowest BCUT2D eigenvalue weighted by Crippen LogP contribution is -2.28. The van der Waals surface area contributed by atoms with E-state index in [0.29, 0.717) is 13.1 Å². The first kappa shape index (κ1) is 13.6. The first-order valence-electron chi connectivity index (χ1n) is 5.63. The summed E-state index contributed by atoms with van der Waals surface area (Å²) in [5.74, 6) is -1.22. The molecule has 0 aliphatic heterocycles. The van der Waals surface area contributed by atoms with Crippen molar-refractivity contribution in [2.24, 2.45) is 5.92 Å². The molecule has 0 fully saturated rings. The molecule has 1 rings (SSSR count). The van der Waals surface area contributed by atoms with Crippen LogP contribution in [0.4, 0.5) is 8.78 Å². The van der Waals surface area contributed by atoms with E-state index < -0.39 is 11.6 Å². The van der Waals surface area contributed by atoms with Crippen molar-refractivity contribution in [2.75, 3.05) is 13.1 Å². The highest BCUT2D eigenvalue weighted by molar-refractivity contribution is 5.19. The summed E-state index contributed by atoms with van der Waals surface area (Å²) >= 11 is 0. The molecule has 0 saturated heterocycles. The Balaban J connectivity index is 2.78. The smallest absolute Gasteiger partial charge is 0.130 e. The predicted octanol–water partition coefficient (Wildman–Crippen LogP) is 2.95. The monoisotopic (exact) mass is 238 g/mol. The third-order valence-electron chi connectivity index (χ3n) is 2.64. The quantitative estimate of drug-likeness (QED) is 0.788. The summed E-state index contributed by atoms with van der Waals surface area (Å²) in [6.45, 7) is 5.06. The fourth-order valence-corrected chi connectivity index (χ4v) is 1.64. The van der Waals surface area contributed by atoms with Gasteiger partial charge in [0.2, 0.25) is 0 Å². The van der Waals surface area contributed by atoms with Crippen molar-refractivity contribution in [3.8, 4) is 6.07 Å². The van der Waals surface area contributed by atoms with Gasteiger partial charge in [-0.15, -0.1) is 0 Å². The summed E-state index contributed by atoms with van der Waals surface area (Å²) in [6.07, 6.45) is 0. The van der Waals surface area contributed by atoms with E-state index in [4.69, 9.17) is 5.26 Å². The second-order valence-electron chi connectivity index (χ2n) is 4.06. The zero-order chi connectivity index (χ0) is 12.8. The minimum atomic E-state index is -0.534. The number of nitriles is 1. The molecular weight excluding hydrogens is 222 g/mol. The van der Waals surface area contributed by atoms with Gasteiger partial charge in [0.25, 0.3) is 0 Å². The van der Waals surface area contributed by atoms with Gasteiger partial charge in [0.05, 0.1) is 12.0 Å². The molecule has 0 aliphatic rings. The third-order valence-corrected chi connectivity index (χ3v) is 2.64. The molecule has 4 heteroatoms. The highest BCUT2D eigenvalue weighted by atomic mass is 19.1. The molecule has 17 heavy (non-hydrogen) atoms. The summed E-state index contributed by atoms with van der Waals surface area (Å²) in [7, 11) is 0. The topological polar surface area (TPSA) is 27.0 Å². The first-order valence-corrected chi connectivity index (χ1v) is 5.63. The lowest BCUT2D eigenvalue weighted by atomic mass is 10.1. The van der Waals surface area contributed by atoms with Gasteiger partial charge in [-0.1, -0.05) is 13.0 Å². The maximum Gasteiger partial charge on any atom is 0.130 e. The number of halogens is 2. The SMILES string of the molecule is CCN(Cc1c(F)cccc1F)CC(C)C#N. The fraction of sp³-hybridized carbons (Fsp3) is 0.462. The summed E-state index contributed by atoms with van der Waals surface area (Å²) in [6, 6.07) is 5.97. The highest BCUT2D eigenvalue weighted by Crippen LogP contribution is 2.15. The molecule has 1 unspecified atom stereocenters. The van der Waals surface area contributed by atoms with Crippen molar-refractivity contribution in [2.45, 2.75) is 20.4 Å². The maximum absolute atomic E-state index is 13.4. The first-order chi connectivity index (χ1) is 8.08. The van der Waals surface area contributed by atoms with E-state index in [9.17, 15) is 8.78 Å². The molecule has 0 aliphatic carbocycles. The van der Waals surface area contributed by atoms with Crippen LogP contribution in [0.3, 0.4) is 0 Å². The van der Waals surface area contributed by atoms with E-state index in [-0.39, 0.29) is 18.0 Å². The molecule has 1 aromatic rings. The van der Waals surface area contributed by atoms with Crippen molar-refractivity contribution in [1.82, 2.24) is 4.90 Å². The molecule has 0 radical (unpaired) electrons. The van der Waals surface area contributed by atoms with Crippen LogP contribution >= 0.6 is 0 Å². The van der Waals surface area contributed by atoms with Crippen LogP contribution in [-0.2, 0) is 6.54 Å². The van der Waals surface area contributed by atoms with E-state index in [2.05, 4.69) is 6.07 Å². The van der Waals surface area contributed by atoms with E-state index in [1.807, 2.05) is 11.8 Å². The Bertz CT molecular complexity index is 392. The van der Waals surface area contributed by atoms with Gasteiger partial charge in [0.1, 0.15) is 11.6 Å². The van der Waals surface area contributed by atoms with E-state index in [0.717, 1.165) is 0 Å². The predicted molar refractivity (Wildman–Crippen MR) is 62.1 cm³/mol. The van der Waals surface area contributed by atoms with Crippen LogP contribution < -0.4 is 0 Å². The normalized spacial score (nSPS) is 12.5. The molecule has 0 amide bonds.